The summed E-state index contributed by atoms with van der Waals surface area (Å²) in [6, 6.07) is 3.40. The molecule has 6 heteroatoms. The van der Waals surface area contributed by atoms with Gasteiger partial charge in [0.1, 0.15) is 5.82 Å². The maximum absolute atomic E-state index is 11.3. The van der Waals surface area contributed by atoms with Gasteiger partial charge in [-0.25, -0.2) is 9.89 Å². The molecule has 0 fully saturated rings. The summed E-state index contributed by atoms with van der Waals surface area (Å²) in [4.78, 5) is 11.3. The molecule has 0 aliphatic heterocycles. The molecule has 2 aromatic rings. The average molecular weight is 217 g/mol. The topological polar surface area (TPSA) is 75.1 Å². The van der Waals surface area contributed by atoms with Crippen molar-refractivity contribution in [3.05, 3.63) is 22.6 Å². The van der Waals surface area contributed by atoms with Gasteiger partial charge in [-0.2, -0.15) is 9.61 Å². The number of nitrogens with zero attached hydrogens (tertiary/aromatic N) is 3. The van der Waals surface area contributed by atoms with Gasteiger partial charge < -0.3 is 5.32 Å². The third-order valence-electron chi connectivity index (χ3n) is 2.07. The van der Waals surface area contributed by atoms with Gasteiger partial charge in [0, 0.05) is 0 Å². The van der Waals surface area contributed by atoms with Crippen molar-refractivity contribution in [2.75, 3.05) is 5.32 Å². The van der Waals surface area contributed by atoms with Crippen LogP contribution >= 0.6 is 0 Å². The Hall–Kier alpha value is -2.29. The maximum Gasteiger partial charge on any atom is 0.364 e. The van der Waals surface area contributed by atoms with Gasteiger partial charge in [-0.3, -0.25) is 0 Å². The van der Waals surface area contributed by atoms with E-state index >= 15 is 0 Å². The van der Waals surface area contributed by atoms with Gasteiger partial charge in [-0.05, 0) is 26.0 Å². The Morgan fingerprint density at radius 1 is 1.56 bits per heavy atom. The molecule has 6 nitrogen and oxygen atoms in total. The lowest BCUT2D eigenvalue weighted by Gasteiger charge is -2.19. The summed E-state index contributed by atoms with van der Waals surface area (Å²) in [7, 11) is 0. The fourth-order valence-electron chi connectivity index (χ4n) is 1.23. The van der Waals surface area contributed by atoms with Crippen LogP contribution in [0, 0.1) is 12.3 Å². The second-order valence-corrected chi connectivity index (χ2v) is 3.91. The molecule has 0 aliphatic rings. The largest absolute Gasteiger partial charge is 0.364 e. The average Bonchev–Trinajstić information content (AvgIpc) is 2.60. The van der Waals surface area contributed by atoms with Crippen LogP contribution in [0.15, 0.2) is 16.9 Å². The summed E-state index contributed by atoms with van der Waals surface area (Å²) in [5, 5.41) is 13.2. The Balaban J connectivity index is 2.44. The number of anilines is 1. The summed E-state index contributed by atoms with van der Waals surface area (Å²) in [5.74, 6) is 3.11. The zero-order chi connectivity index (χ0) is 11.8. The molecule has 0 aromatic carbocycles. The van der Waals surface area contributed by atoms with Crippen LogP contribution in [-0.2, 0) is 0 Å². The number of nitrogens with one attached hydrogen (secondary N) is 2. The van der Waals surface area contributed by atoms with Crippen LogP contribution in [0.2, 0.25) is 0 Å². The van der Waals surface area contributed by atoms with E-state index in [0.717, 1.165) is 0 Å². The quantitative estimate of drug-likeness (QED) is 0.707. The Morgan fingerprint density at radius 2 is 2.31 bits per heavy atom. The molecule has 0 aliphatic carbocycles. The van der Waals surface area contributed by atoms with E-state index in [1.807, 2.05) is 13.8 Å². The molecule has 0 saturated carbocycles. The van der Waals surface area contributed by atoms with E-state index in [-0.39, 0.29) is 5.69 Å². The van der Waals surface area contributed by atoms with Gasteiger partial charge in [-0.15, -0.1) is 11.5 Å². The Morgan fingerprint density at radius 3 is 3.00 bits per heavy atom. The van der Waals surface area contributed by atoms with Crippen molar-refractivity contribution in [3.63, 3.8) is 0 Å². The number of terminal acetylenes is 1. The molecule has 0 spiro atoms. The zero-order valence-electron chi connectivity index (χ0n) is 8.98. The third kappa shape index (κ3) is 1.75. The molecule has 2 rings (SSSR count). The second-order valence-electron chi connectivity index (χ2n) is 3.91. The summed E-state index contributed by atoms with van der Waals surface area (Å²) >= 11 is 0. The standard InChI is InChI=1S/C10H11N5O/c1-4-10(2,3)11-7-5-6-8-12-13-9(16)15(8)14-7/h1,5-6H,2-3H3,(H,11,14)(H,13,16). The lowest BCUT2D eigenvalue weighted by molar-refractivity contribution is 0.726. The van der Waals surface area contributed by atoms with Crippen molar-refractivity contribution < 1.29 is 0 Å². The first-order chi connectivity index (χ1) is 7.52. The van der Waals surface area contributed by atoms with E-state index in [0.29, 0.717) is 11.5 Å². The molecular formula is C10H11N5O. The molecule has 0 radical (unpaired) electrons. The number of aromatic amines is 1. The van der Waals surface area contributed by atoms with Crippen molar-refractivity contribution >= 4 is 11.5 Å². The smallest absolute Gasteiger partial charge is 0.353 e. The number of hydrogen-bond acceptors (Lipinski definition) is 4. The Bertz CT molecular complexity index is 616. The van der Waals surface area contributed by atoms with Crippen LogP contribution in [0.5, 0.6) is 0 Å². The monoisotopic (exact) mass is 217 g/mol. The van der Waals surface area contributed by atoms with Crippen molar-refractivity contribution in [1.29, 1.82) is 0 Å². The molecule has 0 atom stereocenters. The highest BCUT2D eigenvalue weighted by Gasteiger charge is 2.14. The fourth-order valence-corrected chi connectivity index (χ4v) is 1.23. The second kappa shape index (κ2) is 3.38. The minimum absolute atomic E-state index is 0.378. The van der Waals surface area contributed by atoms with Crippen LogP contribution in [0.3, 0.4) is 0 Å². The van der Waals surface area contributed by atoms with E-state index in [1.165, 1.54) is 4.52 Å². The highest BCUT2D eigenvalue weighted by atomic mass is 16.2. The predicted octanol–water partition coefficient (Wildman–Crippen LogP) is 0.241. The molecular weight excluding hydrogens is 206 g/mol. The van der Waals surface area contributed by atoms with Crippen LogP contribution < -0.4 is 11.0 Å². The number of hydrogen-bond donors (Lipinski definition) is 2. The van der Waals surface area contributed by atoms with Crippen LogP contribution in [0.25, 0.3) is 5.65 Å². The van der Waals surface area contributed by atoms with Crippen molar-refractivity contribution in [1.82, 2.24) is 19.8 Å². The molecule has 0 bridgehead atoms. The van der Waals surface area contributed by atoms with Crippen molar-refractivity contribution in [3.8, 4) is 12.3 Å². The number of aromatic nitrogens is 4. The van der Waals surface area contributed by atoms with E-state index in [2.05, 4.69) is 26.5 Å². The van der Waals surface area contributed by atoms with Gasteiger partial charge in [0.15, 0.2) is 5.65 Å². The highest BCUT2D eigenvalue weighted by Crippen LogP contribution is 2.11. The molecule has 2 heterocycles. The first-order valence-corrected chi connectivity index (χ1v) is 4.72. The van der Waals surface area contributed by atoms with E-state index in [1.54, 1.807) is 12.1 Å². The molecule has 0 amide bonds. The third-order valence-corrected chi connectivity index (χ3v) is 2.07. The summed E-state index contributed by atoms with van der Waals surface area (Å²) in [5.41, 5.74) is -0.431. The fraction of sp³-hybridized carbons (Fsp3) is 0.300. The summed E-state index contributed by atoms with van der Waals surface area (Å²) in [6.45, 7) is 3.69. The maximum atomic E-state index is 11.3. The van der Waals surface area contributed by atoms with Gasteiger partial charge in [0.2, 0.25) is 0 Å². The molecule has 0 saturated heterocycles. The predicted molar refractivity (Wildman–Crippen MR) is 60.1 cm³/mol. The number of H-pyrrole nitrogens is 1. The molecule has 16 heavy (non-hydrogen) atoms. The summed E-state index contributed by atoms with van der Waals surface area (Å²) < 4.78 is 1.18. The minimum atomic E-state index is -0.520. The van der Waals surface area contributed by atoms with E-state index in [4.69, 9.17) is 6.42 Å². The minimum Gasteiger partial charge on any atom is -0.353 e. The van der Waals surface area contributed by atoms with Crippen LogP contribution in [-0.4, -0.2) is 25.4 Å². The van der Waals surface area contributed by atoms with Gasteiger partial charge in [0.05, 0.1) is 5.54 Å². The highest BCUT2D eigenvalue weighted by molar-refractivity contribution is 5.45. The first-order valence-electron chi connectivity index (χ1n) is 4.72. The lowest BCUT2D eigenvalue weighted by Crippen LogP contribution is -2.29. The molecule has 2 N–H and O–H groups in total. The van der Waals surface area contributed by atoms with Gasteiger partial charge in [0.25, 0.3) is 0 Å². The number of fused-ring (bicyclic) bond motifs is 1. The van der Waals surface area contributed by atoms with Gasteiger partial charge >= 0.3 is 5.69 Å². The first kappa shape index (κ1) is 10.2. The SMILES string of the molecule is C#CC(C)(C)Nc1ccc2n[nH]c(=O)n2n1. The zero-order valence-corrected chi connectivity index (χ0v) is 8.98. The number of rotatable bonds is 2. The Kier molecular flexibility index (Phi) is 2.16. The Labute approximate surface area is 91.7 Å². The normalized spacial score (nSPS) is 11.3. The van der Waals surface area contributed by atoms with Crippen LogP contribution in [0.4, 0.5) is 5.82 Å². The van der Waals surface area contributed by atoms with E-state index < -0.39 is 5.54 Å². The molecule has 82 valence electrons. The molecule has 2 aromatic heterocycles. The molecule has 0 unspecified atom stereocenters. The van der Waals surface area contributed by atoms with Crippen molar-refractivity contribution in [2.45, 2.75) is 19.4 Å². The van der Waals surface area contributed by atoms with Crippen LogP contribution in [0.1, 0.15) is 13.8 Å². The van der Waals surface area contributed by atoms with E-state index in [9.17, 15) is 4.79 Å². The van der Waals surface area contributed by atoms with Crippen molar-refractivity contribution in [2.24, 2.45) is 0 Å². The van der Waals surface area contributed by atoms with Gasteiger partial charge in [-0.1, -0.05) is 5.92 Å². The lowest BCUT2D eigenvalue weighted by atomic mass is 10.1. The summed E-state index contributed by atoms with van der Waals surface area (Å²) in [6.07, 6.45) is 5.35.